The minimum atomic E-state index is -0.422. The minimum absolute atomic E-state index is 0.400. The molecule has 28 heavy (non-hydrogen) atoms. The molecule has 0 spiro atoms. The molecule has 0 unspecified atom stereocenters. The van der Waals surface area contributed by atoms with Crippen molar-refractivity contribution in [2.24, 2.45) is 4.99 Å². The van der Waals surface area contributed by atoms with E-state index in [2.05, 4.69) is 27.5 Å². The molecule has 0 aliphatic heterocycles. The number of ether oxygens (including phenoxy) is 2. The number of hydrogen-bond acceptors (Lipinski definition) is 6. The van der Waals surface area contributed by atoms with E-state index >= 15 is 0 Å². The summed E-state index contributed by atoms with van der Waals surface area (Å²) in [6, 6.07) is 5.35. The highest BCUT2D eigenvalue weighted by atomic mass is 32.1. The third-order valence-electron chi connectivity index (χ3n) is 4.14. The number of aromatic nitrogens is 1. The third kappa shape index (κ3) is 5.95. The van der Waals surface area contributed by atoms with Crippen molar-refractivity contribution in [3.05, 3.63) is 44.9 Å². The molecular weight excluding hydrogens is 376 g/mol. The Morgan fingerprint density at radius 1 is 1.25 bits per heavy atom. The van der Waals surface area contributed by atoms with Gasteiger partial charge in [-0.25, -0.2) is 14.8 Å². The molecule has 2 aromatic rings. The molecule has 0 atom stereocenters. The van der Waals surface area contributed by atoms with Crippen molar-refractivity contribution in [3.63, 3.8) is 0 Å². The fraction of sp³-hybridized carbons (Fsp3) is 0.450. The summed E-state index contributed by atoms with van der Waals surface area (Å²) in [5, 5.41) is 7.70. The van der Waals surface area contributed by atoms with Crippen LogP contribution in [0.2, 0.25) is 0 Å². The fourth-order valence-electron chi connectivity index (χ4n) is 2.56. The van der Waals surface area contributed by atoms with Gasteiger partial charge in [-0.05, 0) is 38.5 Å². The van der Waals surface area contributed by atoms with Gasteiger partial charge in [0, 0.05) is 24.4 Å². The van der Waals surface area contributed by atoms with E-state index in [9.17, 15) is 4.79 Å². The quantitative estimate of drug-likeness (QED) is 0.400. The molecule has 2 rings (SSSR count). The van der Waals surface area contributed by atoms with Gasteiger partial charge >= 0.3 is 5.97 Å². The lowest BCUT2D eigenvalue weighted by Gasteiger charge is -2.11. The molecule has 8 heteroatoms. The summed E-state index contributed by atoms with van der Waals surface area (Å²) in [6.07, 6.45) is 0.853. The first kappa shape index (κ1) is 21.7. The molecule has 0 saturated carbocycles. The number of aryl methyl sites for hydroxylation is 2. The summed E-state index contributed by atoms with van der Waals surface area (Å²) in [5.41, 5.74) is 2.44. The van der Waals surface area contributed by atoms with E-state index in [1.165, 1.54) is 19.1 Å². The average Bonchev–Trinajstić information content (AvgIpc) is 3.02. The van der Waals surface area contributed by atoms with Crippen LogP contribution in [0.25, 0.3) is 0 Å². The van der Waals surface area contributed by atoms with E-state index in [1.807, 2.05) is 19.9 Å². The van der Waals surface area contributed by atoms with Crippen LogP contribution in [0.1, 0.15) is 38.4 Å². The van der Waals surface area contributed by atoms with E-state index < -0.39 is 5.97 Å². The summed E-state index contributed by atoms with van der Waals surface area (Å²) in [4.78, 5) is 22.2. The van der Waals surface area contributed by atoms with Crippen molar-refractivity contribution in [3.8, 4) is 5.75 Å². The molecule has 0 aliphatic carbocycles. The predicted molar refractivity (Wildman–Crippen MR) is 112 cm³/mol. The first-order valence-electron chi connectivity index (χ1n) is 9.18. The molecule has 0 amide bonds. The van der Waals surface area contributed by atoms with Crippen LogP contribution in [0.3, 0.4) is 0 Å². The van der Waals surface area contributed by atoms with Crippen LogP contribution >= 0.6 is 11.3 Å². The molecule has 1 aromatic heterocycles. The Balaban J connectivity index is 2.00. The van der Waals surface area contributed by atoms with Crippen molar-refractivity contribution in [1.29, 1.82) is 0 Å². The van der Waals surface area contributed by atoms with Gasteiger partial charge in [0.25, 0.3) is 0 Å². The molecule has 1 heterocycles. The number of hydrogen-bond donors (Lipinski definition) is 2. The highest BCUT2D eigenvalue weighted by Gasteiger charge is 2.13. The summed E-state index contributed by atoms with van der Waals surface area (Å²) in [5.74, 6) is 0.796. The number of aliphatic imine (C=N–C) groups is 1. The highest BCUT2D eigenvalue weighted by Crippen LogP contribution is 2.21. The van der Waals surface area contributed by atoms with Gasteiger partial charge in [0.2, 0.25) is 0 Å². The predicted octanol–water partition coefficient (Wildman–Crippen LogP) is 2.85. The number of nitrogens with zero attached hydrogens (tertiary/aromatic N) is 2. The number of thiazole rings is 1. The Bertz CT molecular complexity index is 813. The molecule has 152 valence electrons. The van der Waals surface area contributed by atoms with E-state index in [4.69, 9.17) is 9.47 Å². The van der Waals surface area contributed by atoms with E-state index in [-0.39, 0.29) is 0 Å². The van der Waals surface area contributed by atoms with E-state index in [0.29, 0.717) is 17.9 Å². The number of esters is 1. The second-order valence-corrected chi connectivity index (χ2v) is 7.44. The van der Waals surface area contributed by atoms with Crippen molar-refractivity contribution >= 4 is 23.3 Å². The van der Waals surface area contributed by atoms with E-state index in [0.717, 1.165) is 41.7 Å². The van der Waals surface area contributed by atoms with Gasteiger partial charge in [-0.1, -0.05) is 6.07 Å². The van der Waals surface area contributed by atoms with Crippen molar-refractivity contribution in [2.45, 2.75) is 33.7 Å². The second kappa shape index (κ2) is 10.7. The van der Waals surface area contributed by atoms with Crippen LogP contribution in [0, 0.1) is 13.8 Å². The summed E-state index contributed by atoms with van der Waals surface area (Å²) in [6.45, 7) is 8.14. The number of carbonyl (C=O) groups excluding carboxylic acids is 1. The molecule has 7 nitrogen and oxygen atoms in total. The Labute approximate surface area is 170 Å². The normalized spacial score (nSPS) is 11.2. The maximum atomic E-state index is 11.8. The van der Waals surface area contributed by atoms with Gasteiger partial charge in [0.05, 0.1) is 31.5 Å². The standard InChI is InChI=1S/C20H28N4O3S/c1-6-21-20(22-10-9-18-24-13(2)14(3)28-18)23-12-15-7-8-16(19(25)27-5)17(11-15)26-4/h7-8,11H,6,9-10,12H2,1-5H3,(H2,21,22,23). The lowest BCUT2D eigenvalue weighted by atomic mass is 10.1. The fourth-order valence-corrected chi connectivity index (χ4v) is 3.49. The second-order valence-electron chi connectivity index (χ2n) is 6.15. The van der Waals surface area contributed by atoms with Gasteiger partial charge in [-0.2, -0.15) is 0 Å². The van der Waals surface area contributed by atoms with Crippen LogP contribution in [-0.2, 0) is 17.7 Å². The van der Waals surface area contributed by atoms with Crippen LogP contribution in [0.5, 0.6) is 5.75 Å². The monoisotopic (exact) mass is 404 g/mol. The van der Waals surface area contributed by atoms with Gasteiger partial charge < -0.3 is 20.1 Å². The number of methoxy groups -OCH3 is 2. The summed E-state index contributed by atoms with van der Waals surface area (Å²) >= 11 is 1.74. The molecule has 0 aliphatic rings. The number of rotatable bonds is 8. The largest absolute Gasteiger partial charge is 0.496 e. The average molecular weight is 405 g/mol. The van der Waals surface area contributed by atoms with Crippen LogP contribution in [0.4, 0.5) is 0 Å². The minimum Gasteiger partial charge on any atom is -0.496 e. The molecular formula is C20H28N4O3S. The molecule has 0 radical (unpaired) electrons. The molecule has 0 saturated heterocycles. The maximum Gasteiger partial charge on any atom is 0.341 e. The zero-order valence-electron chi connectivity index (χ0n) is 17.1. The lowest BCUT2D eigenvalue weighted by Crippen LogP contribution is -2.38. The van der Waals surface area contributed by atoms with Crippen LogP contribution < -0.4 is 15.4 Å². The Morgan fingerprint density at radius 2 is 2.04 bits per heavy atom. The Hall–Kier alpha value is -2.61. The van der Waals surface area contributed by atoms with Crippen molar-refractivity contribution in [1.82, 2.24) is 15.6 Å². The number of benzene rings is 1. The summed E-state index contributed by atoms with van der Waals surface area (Å²) < 4.78 is 10.1. The Morgan fingerprint density at radius 3 is 2.64 bits per heavy atom. The Kier molecular flexibility index (Phi) is 8.25. The van der Waals surface area contributed by atoms with Gasteiger partial charge in [0.15, 0.2) is 5.96 Å². The first-order valence-corrected chi connectivity index (χ1v) is 10.0. The molecule has 2 N–H and O–H groups in total. The van der Waals surface area contributed by atoms with Gasteiger partial charge in [-0.15, -0.1) is 11.3 Å². The molecule has 1 aromatic carbocycles. The zero-order valence-corrected chi connectivity index (χ0v) is 17.9. The smallest absolute Gasteiger partial charge is 0.341 e. The SMILES string of the molecule is CCNC(=NCc1ccc(C(=O)OC)c(OC)c1)NCCc1nc(C)c(C)s1. The highest BCUT2D eigenvalue weighted by molar-refractivity contribution is 7.11. The van der Waals surface area contributed by atoms with Crippen LogP contribution in [-0.4, -0.2) is 44.2 Å². The first-order chi connectivity index (χ1) is 13.5. The lowest BCUT2D eigenvalue weighted by molar-refractivity contribution is 0.0597. The van der Waals surface area contributed by atoms with Gasteiger partial charge in [0.1, 0.15) is 11.3 Å². The molecule has 0 bridgehead atoms. The number of guanidine groups is 1. The molecule has 0 fully saturated rings. The summed E-state index contributed by atoms with van der Waals surface area (Å²) in [7, 11) is 2.88. The maximum absolute atomic E-state index is 11.8. The zero-order chi connectivity index (χ0) is 20.5. The third-order valence-corrected chi connectivity index (χ3v) is 5.27. The van der Waals surface area contributed by atoms with Crippen LogP contribution in [0.15, 0.2) is 23.2 Å². The number of nitrogens with one attached hydrogen (secondary N) is 2. The van der Waals surface area contributed by atoms with E-state index in [1.54, 1.807) is 23.5 Å². The topological polar surface area (TPSA) is 84.8 Å². The van der Waals surface area contributed by atoms with Gasteiger partial charge in [-0.3, -0.25) is 0 Å². The number of carbonyl (C=O) groups is 1. The van der Waals surface area contributed by atoms with Crippen molar-refractivity contribution < 1.29 is 14.3 Å². The van der Waals surface area contributed by atoms with Crippen molar-refractivity contribution in [2.75, 3.05) is 27.3 Å².